The van der Waals surface area contributed by atoms with Gasteiger partial charge in [0.15, 0.2) is 0 Å². The van der Waals surface area contributed by atoms with Crippen molar-refractivity contribution in [3.05, 3.63) is 22.5 Å². The standard InChI is InChI=1S/C15H18N2OS2/c1-10-17-14-13(20-10)9-12(11-5-8-19-15(11)14)18-7-4-2-3-6-16/h5,8-9H,2-4,6-7,16H2,1H3. The average Bonchev–Trinajstić information content (AvgIpc) is 3.03. The molecular formula is C15H18N2OS2. The summed E-state index contributed by atoms with van der Waals surface area (Å²) < 4.78 is 8.44. The Kier molecular flexibility index (Phi) is 4.19. The molecule has 0 aliphatic rings. The third kappa shape index (κ3) is 2.66. The van der Waals surface area contributed by atoms with E-state index in [0.29, 0.717) is 0 Å². The fourth-order valence-electron chi connectivity index (χ4n) is 2.31. The maximum absolute atomic E-state index is 5.99. The summed E-state index contributed by atoms with van der Waals surface area (Å²) in [6.07, 6.45) is 3.26. The van der Waals surface area contributed by atoms with Crippen LogP contribution in [0.1, 0.15) is 24.3 Å². The molecule has 0 fully saturated rings. The van der Waals surface area contributed by atoms with Crippen LogP contribution < -0.4 is 10.5 Å². The summed E-state index contributed by atoms with van der Waals surface area (Å²) in [5.74, 6) is 0.991. The zero-order valence-corrected chi connectivity index (χ0v) is 13.1. The number of fused-ring (bicyclic) bond motifs is 3. The molecule has 0 saturated heterocycles. The Labute approximate surface area is 126 Å². The van der Waals surface area contributed by atoms with Gasteiger partial charge in [-0.2, -0.15) is 0 Å². The smallest absolute Gasteiger partial charge is 0.129 e. The van der Waals surface area contributed by atoms with Gasteiger partial charge in [-0.05, 0) is 44.2 Å². The lowest BCUT2D eigenvalue weighted by Crippen LogP contribution is -2.01. The first-order valence-corrected chi connectivity index (χ1v) is 8.59. The van der Waals surface area contributed by atoms with Gasteiger partial charge in [-0.1, -0.05) is 0 Å². The molecule has 0 atom stereocenters. The summed E-state index contributed by atoms with van der Waals surface area (Å²) >= 11 is 3.47. The number of aryl methyl sites for hydroxylation is 1. The van der Waals surface area contributed by atoms with Crippen LogP contribution in [0.15, 0.2) is 17.5 Å². The minimum atomic E-state index is 0.758. The quantitative estimate of drug-likeness (QED) is 0.690. The molecule has 20 heavy (non-hydrogen) atoms. The van der Waals surface area contributed by atoms with E-state index in [1.54, 1.807) is 22.7 Å². The van der Waals surface area contributed by atoms with Crippen LogP contribution in [0.4, 0.5) is 0 Å². The number of benzene rings is 1. The first-order valence-electron chi connectivity index (χ1n) is 6.90. The third-order valence-corrected chi connectivity index (χ3v) is 5.11. The molecule has 0 unspecified atom stereocenters. The van der Waals surface area contributed by atoms with Gasteiger partial charge >= 0.3 is 0 Å². The van der Waals surface area contributed by atoms with Crippen molar-refractivity contribution in [1.29, 1.82) is 0 Å². The van der Waals surface area contributed by atoms with Gasteiger partial charge in [0, 0.05) is 11.5 Å². The Balaban J connectivity index is 1.86. The fourth-order valence-corrected chi connectivity index (χ4v) is 4.14. The summed E-state index contributed by atoms with van der Waals surface area (Å²) in [7, 11) is 0. The average molecular weight is 306 g/mol. The number of nitrogens with zero attached hydrogens (tertiary/aromatic N) is 1. The minimum Gasteiger partial charge on any atom is -0.493 e. The van der Waals surface area contributed by atoms with E-state index in [1.165, 1.54) is 14.8 Å². The van der Waals surface area contributed by atoms with Crippen LogP contribution in [-0.2, 0) is 0 Å². The summed E-state index contributed by atoms with van der Waals surface area (Å²) in [4.78, 5) is 4.63. The van der Waals surface area contributed by atoms with Crippen molar-refractivity contribution >= 4 is 43.0 Å². The molecule has 0 amide bonds. The van der Waals surface area contributed by atoms with Crippen LogP contribution in [0.5, 0.6) is 5.75 Å². The molecular weight excluding hydrogens is 288 g/mol. The SMILES string of the molecule is Cc1nc2c(cc(OCCCCCN)c3ccsc32)s1. The second-order valence-corrected chi connectivity index (χ2v) is 6.97. The zero-order chi connectivity index (χ0) is 13.9. The molecule has 0 saturated carbocycles. The van der Waals surface area contributed by atoms with Crippen molar-refractivity contribution in [2.75, 3.05) is 13.2 Å². The Morgan fingerprint density at radius 1 is 1.30 bits per heavy atom. The van der Waals surface area contributed by atoms with Crippen molar-refractivity contribution in [2.24, 2.45) is 5.73 Å². The topological polar surface area (TPSA) is 48.1 Å². The maximum Gasteiger partial charge on any atom is 0.129 e. The lowest BCUT2D eigenvalue weighted by atomic mass is 10.2. The predicted octanol–water partition coefficient (Wildman–Crippen LogP) is 4.33. The van der Waals surface area contributed by atoms with Gasteiger partial charge in [-0.15, -0.1) is 22.7 Å². The number of thiophene rings is 1. The van der Waals surface area contributed by atoms with Crippen LogP contribution in [0.3, 0.4) is 0 Å². The molecule has 0 spiro atoms. The van der Waals surface area contributed by atoms with E-state index in [2.05, 4.69) is 29.4 Å². The molecule has 3 aromatic rings. The molecule has 2 N–H and O–H groups in total. The highest BCUT2D eigenvalue weighted by Crippen LogP contribution is 2.38. The zero-order valence-electron chi connectivity index (χ0n) is 11.5. The highest BCUT2D eigenvalue weighted by atomic mass is 32.1. The Morgan fingerprint density at radius 2 is 2.20 bits per heavy atom. The summed E-state index contributed by atoms with van der Waals surface area (Å²) in [6.45, 7) is 3.58. The number of nitrogens with two attached hydrogens (primary N) is 1. The second kappa shape index (κ2) is 6.08. The van der Waals surface area contributed by atoms with Crippen LogP contribution in [0.25, 0.3) is 20.3 Å². The van der Waals surface area contributed by atoms with Gasteiger partial charge in [0.05, 0.1) is 26.5 Å². The molecule has 106 valence electrons. The molecule has 2 aromatic heterocycles. The van der Waals surface area contributed by atoms with Gasteiger partial charge in [0.1, 0.15) is 5.75 Å². The molecule has 0 aliphatic heterocycles. The van der Waals surface area contributed by atoms with Crippen molar-refractivity contribution in [2.45, 2.75) is 26.2 Å². The van der Waals surface area contributed by atoms with E-state index < -0.39 is 0 Å². The molecule has 0 bridgehead atoms. The number of ether oxygens (including phenoxy) is 1. The number of hydrogen-bond acceptors (Lipinski definition) is 5. The number of aromatic nitrogens is 1. The van der Waals surface area contributed by atoms with Crippen molar-refractivity contribution in [3.63, 3.8) is 0 Å². The monoisotopic (exact) mass is 306 g/mol. The summed E-state index contributed by atoms with van der Waals surface area (Å²) in [5.41, 5.74) is 6.62. The van der Waals surface area contributed by atoms with E-state index in [1.807, 2.05) is 0 Å². The Hall–Kier alpha value is -1.17. The normalized spacial score (nSPS) is 11.5. The lowest BCUT2D eigenvalue weighted by molar-refractivity contribution is 0.309. The van der Waals surface area contributed by atoms with Crippen LogP contribution in [-0.4, -0.2) is 18.1 Å². The van der Waals surface area contributed by atoms with Crippen molar-refractivity contribution in [3.8, 4) is 5.75 Å². The van der Waals surface area contributed by atoms with E-state index in [0.717, 1.165) is 48.7 Å². The molecule has 3 rings (SSSR count). The number of hydrogen-bond donors (Lipinski definition) is 1. The molecule has 3 nitrogen and oxygen atoms in total. The molecule has 2 heterocycles. The number of rotatable bonds is 6. The van der Waals surface area contributed by atoms with Crippen molar-refractivity contribution < 1.29 is 4.74 Å². The molecule has 5 heteroatoms. The Morgan fingerprint density at radius 3 is 3.05 bits per heavy atom. The van der Waals surface area contributed by atoms with Gasteiger partial charge in [0.25, 0.3) is 0 Å². The molecule has 0 radical (unpaired) electrons. The second-order valence-electron chi connectivity index (χ2n) is 4.82. The van der Waals surface area contributed by atoms with Crippen molar-refractivity contribution in [1.82, 2.24) is 4.98 Å². The molecule has 0 aliphatic carbocycles. The van der Waals surface area contributed by atoms with E-state index in [9.17, 15) is 0 Å². The van der Waals surface area contributed by atoms with Gasteiger partial charge in [-0.3, -0.25) is 0 Å². The van der Waals surface area contributed by atoms with Gasteiger partial charge < -0.3 is 10.5 Å². The first-order chi connectivity index (χ1) is 9.79. The summed E-state index contributed by atoms with van der Waals surface area (Å²) in [5, 5.41) is 4.40. The van der Waals surface area contributed by atoms with Crippen LogP contribution in [0.2, 0.25) is 0 Å². The van der Waals surface area contributed by atoms with E-state index in [4.69, 9.17) is 10.5 Å². The highest BCUT2D eigenvalue weighted by Gasteiger charge is 2.12. The highest BCUT2D eigenvalue weighted by molar-refractivity contribution is 7.21. The third-order valence-electron chi connectivity index (χ3n) is 3.27. The number of unbranched alkanes of at least 4 members (excludes halogenated alkanes) is 2. The maximum atomic E-state index is 5.99. The minimum absolute atomic E-state index is 0.758. The lowest BCUT2D eigenvalue weighted by Gasteiger charge is -2.07. The van der Waals surface area contributed by atoms with Crippen LogP contribution >= 0.6 is 22.7 Å². The molecule has 1 aromatic carbocycles. The van der Waals surface area contributed by atoms with Crippen LogP contribution in [0, 0.1) is 6.92 Å². The van der Waals surface area contributed by atoms with E-state index >= 15 is 0 Å². The number of thiazole rings is 1. The van der Waals surface area contributed by atoms with Gasteiger partial charge in [-0.25, -0.2) is 4.98 Å². The predicted molar refractivity (Wildman–Crippen MR) is 88.1 cm³/mol. The largest absolute Gasteiger partial charge is 0.493 e. The van der Waals surface area contributed by atoms with E-state index in [-0.39, 0.29) is 0 Å². The first kappa shape index (κ1) is 13.8. The fraction of sp³-hybridized carbons (Fsp3) is 0.400. The Bertz CT molecular complexity index is 717. The summed E-state index contributed by atoms with van der Waals surface area (Å²) in [6, 6.07) is 4.27. The van der Waals surface area contributed by atoms with Gasteiger partial charge in [0.2, 0.25) is 0 Å².